The SMILES string of the molecule is C=C(C)CN1CCC(C(=C)Nc2cc3cc(-c4cnn(C)c4)ccc3cn2)CC1. The van der Waals surface area contributed by atoms with E-state index in [9.17, 15) is 0 Å². The first-order chi connectivity index (χ1) is 14.0. The Balaban J connectivity index is 1.45. The molecule has 1 N–H and O–H groups in total. The van der Waals surface area contributed by atoms with Crippen molar-refractivity contribution in [2.24, 2.45) is 13.0 Å². The van der Waals surface area contributed by atoms with Gasteiger partial charge in [-0.1, -0.05) is 30.9 Å². The lowest BCUT2D eigenvalue weighted by Gasteiger charge is -2.33. The van der Waals surface area contributed by atoms with Gasteiger partial charge in [0, 0.05) is 48.6 Å². The molecule has 0 unspecified atom stereocenters. The van der Waals surface area contributed by atoms with Crippen LogP contribution in [0.4, 0.5) is 5.82 Å². The molecule has 0 amide bonds. The normalized spacial score (nSPS) is 15.5. The number of nitrogens with zero attached hydrogens (tertiary/aromatic N) is 4. The lowest BCUT2D eigenvalue weighted by atomic mass is 9.93. The van der Waals surface area contributed by atoms with Gasteiger partial charge in [-0.3, -0.25) is 9.58 Å². The minimum atomic E-state index is 0.482. The molecule has 3 aromatic rings. The molecule has 4 rings (SSSR count). The van der Waals surface area contributed by atoms with Gasteiger partial charge in [0.05, 0.1) is 6.20 Å². The predicted molar refractivity (Wildman–Crippen MR) is 121 cm³/mol. The van der Waals surface area contributed by atoms with E-state index in [1.54, 1.807) is 0 Å². The molecule has 2 aromatic heterocycles. The van der Waals surface area contributed by atoms with Crippen LogP contribution >= 0.6 is 0 Å². The van der Waals surface area contributed by atoms with E-state index in [2.05, 4.69) is 64.6 Å². The molecule has 0 bridgehead atoms. The van der Waals surface area contributed by atoms with Crippen LogP contribution < -0.4 is 5.32 Å². The van der Waals surface area contributed by atoms with E-state index in [4.69, 9.17) is 0 Å². The molecule has 0 spiro atoms. The third-order valence-electron chi connectivity index (χ3n) is 5.62. The van der Waals surface area contributed by atoms with Gasteiger partial charge < -0.3 is 5.32 Å². The number of likely N-dealkylation sites (tertiary alicyclic amines) is 1. The summed E-state index contributed by atoms with van der Waals surface area (Å²) in [7, 11) is 1.94. The van der Waals surface area contributed by atoms with Gasteiger partial charge in [-0.2, -0.15) is 5.10 Å². The molecule has 0 aliphatic carbocycles. The maximum absolute atomic E-state index is 4.59. The number of pyridine rings is 1. The zero-order valence-corrected chi connectivity index (χ0v) is 17.4. The molecule has 1 aliphatic rings. The summed E-state index contributed by atoms with van der Waals surface area (Å²) >= 11 is 0. The Morgan fingerprint density at radius 3 is 2.59 bits per heavy atom. The fourth-order valence-electron chi connectivity index (χ4n) is 4.05. The summed E-state index contributed by atoms with van der Waals surface area (Å²) in [6.07, 6.45) is 8.09. The highest BCUT2D eigenvalue weighted by Gasteiger charge is 2.21. The molecule has 150 valence electrons. The van der Waals surface area contributed by atoms with Crippen molar-refractivity contribution >= 4 is 16.6 Å². The van der Waals surface area contributed by atoms with Crippen molar-refractivity contribution in [2.75, 3.05) is 25.0 Å². The fourth-order valence-corrected chi connectivity index (χ4v) is 4.05. The van der Waals surface area contributed by atoms with E-state index in [0.29, 0.717) is 5.92 Å². The van der Waals surface area contributed by atoms with E-state index in [1.165, 1.54) is 5.57 Å². The highest BCUT2D eigenvalue weighted by atomic mass is 15.2. The number of aryl methyl sites for hydroxylation is 1. The molecular weight excluding hydrogens is 358 g/mol. The van der Waals surface area contributed by atoms with Crippen molar-refractivity contribution < 1.29 is 0 Å². The Bertz CT molecular complexity index is 1040. The second-order valence-corrected chi connectivity index (χ2v) is 8.19. The Morgan fingerprint density at radius 1 is 1.10 bits per heavy atom. The van der Waals surface area contributed by atoms with Crippen LogP contribution in [0.3, 0.4) is 0 Å². The summed E-state index contributed by atoms with van der Waals surface area (Å²) in [5.74, 6) is 1.34. The van der Waals surface area contributed by atoms with E-state index in [0.717, 1.165) is 65.9 Å². The van der Waals surface area contributed by atoms with Gasteiger partial charge in [-0.05, 0) is 55.9 Å². The average molecular weight is 388 g/mol. The highest BCUT2D eigenvalue weighted by molar-refractivity contribution is 5.88. The van der Waals surface area contributed by atoms with Crippen LogP contribution in [-0.2, 0) is 7.05 Å². The van der Waals surface area contributed by atoms with E-state index >= 15 is 0 Å². The molecule has 1 aromatic carbocycles. The van der Waals surface area contributed by atoms with Gasteiger partial charge in [0.15, 0.2) is 0 Å². The molecule has 0 radical (unpaired) electrons. The number of hydrogen-bond donors (Lipinski definition) is 1. The molecule has 29 heavy (non-hydrogen) atoms. The topological polar surface area (TPSA) is 46.0 Å². The summed E-state index contributed by atoms with van der Waals surface area (Å²) in [5.41, 5.74) is 4.57. The van der Waals surface area contributed by atoms with E-state index in [-0.39, 0.29) is 0 Å². The highest BCUT2D eigenvalue weighted by Crippen LogP contribution is 2.28. The van der Waals surface area contributed by atoms with E-state index < -0.39 is 0 Å². The summed E-state index contributed by atoms with van der Waals surface area (Å²) in [4.78, 5) is 7.06. The molecule has 1 saturated heterocycles. The molecule has 3 heterocycles. The number of hydrogen-bond acceptors (Lipinski definition) is 4. The first-order valence-corrected chi connectivity index (χ1v) is 10.2. The second kappa shape index (κ2) is 8.21. The first kappa shape index (κ1) is 19.4. The standard InChI is InChI=1S/C24H29N5/c1-17(2)15-29-9-7-19(8-10-29)18(3)27-24-12-22-11-20(5-6-21(22)13-25-24)23-14-26-28(4)16-23/h5-6,11-14,16,19H,1,3,7-10,15H2,2,4H3,(H,25,27). The Hall–Kier alpha value is -2.92. The summed E-state index contributed by atoms with van der Waals surface area (Å²) in [6.45, 7) is 13.6. The average Bonchev–Trinajstić information content (AvgIpc) is 3.14. The number of benzene rings is 1. The van der Waals surface area contributed by atoms with Gasteiger partial charge in [-0.15, -0.1) is 0 Å². The fraction of sp³-hybridized carbons (Fsp3) is 0.333. The van der Waals surface area contributed by atoms with Gasteiger partial charge >= 0.3 is 0 Å². The van der Waals surface area contributed by atoms with Crippen molar-refractivity contribution in [3.8, 4) is 11.1 Å². The Labute approximate surface area is 172 Å². The van der Waals surface area contributed by atoms with Crippen LogP contribution in [0.2, 0.25) is 0 Å². The van der Waals surface area contributed by atoms with Gasteiger partial charge in [0.1, 0.15) is 5.82 Å². The summed E-state index contributed by atoms with van der Waals surface area (Å²) in [6, 6.07) is 8.53. The van der Waals surface area contributed by atoms with Crippen molar-refractivity contribution in [3.63, 3.8) is 0 Å². The molecule has 0 saturated carbocycles. The minimum absolute atomic E-state index is 0.482. The smallest absolute Gasteiger partial charge is 0.130 e. The van der Waals surface area contributed by atoms with Gasteiger partial charge in [0.25, 0.3) is 0 Å². The van der Waals surface area contributed by atoms with Crippen molar-refractivity contribution in [1.82, 2.24) is 19.7 Å². The molecule has 0 atom stereocenters. The second-order valence-electron chi connectivity index (χ2n) is 8.19. The van der Waals surface area contributed by atoms with Crippen LogP contribution in [0.25, 0.3) is 21.9 Å². The van der Waals surface area contributed by atoms with Gasteiger partial charge in [0.2, 0.25) is 0 Å². The molecule has 5 heteroatoms. The zero-order chi connectivity index (χ0) is 20.4. The van der Waals surface area contributed by atoms with E-state index in [1.807, 2.05) is 30.3 Å². The van der Waals surface area contributed by atoms with Crippen LogP contribution in [0.15, 0.2) is 67.3 Å². The first-order valence-electron chi connectivity index (χ1n) is 10.2. The molecule has 1 aliphatic heterocycles. The van der Waals surface area contributed by atoms with Crippen LogP contribution in [0.5, 0.6) is 0 Å². The van der Waals surface area contributed by atoms with Crippen LogP contribution in [0.1, 0.15) is 19.8 Å². The third kappa shape index (κ3) is 4.57. The minimum Gasteiger partial charge on any atom is -0.344 e. The lowest BCUT2D eigenvalue weighted by Crippen LogP contribution is -2.35. The number of rotatable bonds is 6. The maximum Gasteiger partial charge on any atom is 0.130 e. The summed E-state index contributed by atoms with van der Waals surface area (Å²) in [5, 5.41) is 10.0. The molecule has 1 fully saturated rings. The maximum atomic E-state index is 4.59. The van der Waals surface area contributed by atoms with Crippen LogP contribution in [-0.4, -0.2) is 39.3 Å². The Kier molecular flexibility index (Phi) is 5.49. The van der Waals surface area contributed by atoms with Crippen molar-refractivity contribution in [2.45, 2.75) is 19.8 Å². The number of anilines is 1. The number of nitrogens with one attached hydrogen (secondary N) is 1. The van der Waals surface area contributed by atoms with Crippen molar-refractivity contribution in [1.29, 1.82) is 0 Å². The molecule has 5 nitrogen and oxygen atoms in total. The van der Waals surface area contributed by atoms with Crippen LogP contribution in [0, 0.1) is 5.92 Å². The lowest BCUT2D eigenvalue weighted by molar-refractivity contribution is 0.214. The monoisotopic (exact) mass is 387 g/mol. The molecular formula is C24H29N5. The Morgan fingerprint density at radius 2 is 1.90 bits per heavy atom. The number of aromatic nitrogens is 3. The predicted octanol–water partition coefficient (Wildman–Crippen LogP) is 4.85. The largest absolute Gasteiger partial charge is 0.344 e. The number of allylic oxidation sites excluding steroid dienone is 1. The van der Waals surface area contributed by atoms with Crippen molar-refractivity contribution in [3.05, 3.63) is 67.3 Å². The quantitative estimate of drug-likeness (QED) is 0.614. The van der Waals surface area contributed by atoms with Gasteiger partial charge in [-0.25, -0.2) is 4.98 Å². The zero-order valence-electron chi connectivity index (χ0n) is 17.4. The number of fused-ring (bicyclic) bond motifs is 1. The third-order valence-corrected chi connectivity index (χ3v) is 5.62. The number of piperidine rings is 1. The summed E-state index contributed by atoms with van der Waals surface area (Å²) < 4.78 is 1.82.